The molecule has 1 aliphatic rings. The van der Waals surface area contributed by atoms with E-state index in [1.807, 2.05) is 0 Å². The first-order valence-electron chi connectivity index (χ1n) is 10.0. The number of benzene rings is 1. The smallest absolute Gasteiger partial charge is 0.335 e. The van der Waals surface area contributed by atoms with E-state index in [2.05, 4.69) is 6.92 Å². The second kappa shape index (κ2) is 9.77. The predicted molar refractivity (Wildman–Crippen MR) is 103 cm³/mol. The minimum absolute atomic E-state index is 0.0139. The molecule has 0 radical (unpaired) electrons. The molecule has 8 heteroatoms. The Labute approximate surface area is 169 Å². The van der Waals surface area contributed by atoms with Crippen molar-refractivity contribution >= 4 is 11.8 Å². The highest BCUT2D eigenvalue weighted by molar-refractivity contribution is 6.04. The minimum Gasteiger partial charge on any atom is -0.479 e. The Morgan fingerprint density at radius 3 is 2.17 bits per heavy atom. The standard InChI is InChI=1S/C21H30O8/c1-2-3-4-5-6-10-13-20(27)21(28,17(23)14-11-8-7-9-12-14)18(24)15(22)16(29-20)19(25)26/h7-9,11-12,15-16,18,22,24,27-28H,2-6,10,13H2,1H3,(H,25,26)/t15-,16+,18+,20-,21-/m1/s1. The van der Waals surface area contributed by atoms with E-state index in [0.29, 0.717) is 12.8 Å². The molecule has 8 nitrogen and oxygen atoms in total. The number of carboxylic acid groups (broad SMARTS) is 1. The largest absolute Gasteiger partial charge is 0.479 e. The molecule has 1 aromatic rings. The summed E-state index contributed by atoms with van der Waals surface area (Å²) in [4.78, 5) is 24.5. The van der Waals surface area contributed by atoms with Crippen LogP contribution in [0.4, 0.5) is 0 Å². The summed E-state index contributed by atoms with van der Waals surface area (Å²) >= 11 is 0. The summed E-state index contributed by atoms with van der Waals surface area (Å²) in [6, 6.07) is 7.49. The zero-order valence-electron chi connectivity index (χ0n) is 16.5. The third-order valence-corrected chi connectivity index (χ3v) is 5.47. The number of ether oxygens (including phenoxy) is 1. The predicted octanol–water partition coefficient (Wildman–Crippen LogP) is 1.24. The molecule has 0 aromatic heterocycles. The Hall–Kier alpha value is -1.84. The summed E-state index contributed by atoms with van der Waals surface area (Å²) in [5, 5.41) is 52.2. The van der Waals surface area contributed by atoms with E-state index in [9.17, 15) is 35.1 Å². The Morgan fingerprint density at radius 2 is 1.59 bits per heavy atom. The van der Waals surface area contributed by atoms with Crippen molar-refractivity contribution in [3.8, 4) is 0 Å². The van der Waals surface area contributed by atoms with Crippen molar-refractivity contribution in [1.29, 1.82) is 0 Å². The van der Waals surface area contributed by atoms with Crippen molar-refractivity contribution in [2.75, 3.05) is 0 Å². The summed E-state index contributed by atoms with van der Waals surface area (Å²) in [5.74, 6) is -5.35. The van der Waals surface area contributed by atoms with Gasteiger partial charge in [0.2, 0.25) is 17.2 Å². The highest BCUT2D eigenvalue weighted by Crippen LogP contribution is 2.42. The fourth-order valence-electron chi connectivity index (χ4n) is 3.73. The van der Waals surface area contributed by atoms with Crippen LogP contribution in [-0.4, -0.2) is 67.0 Å². The van der Waals surface area contributed by atoms with Crippen LogP contribution in [0.1, 0.15) is 62.2 Å². The van der Waals surface area contributed by atoms with Gasteiger partial charge in [0.15, 0.2) is 6.10 Å². The summed E-state index contributed by atoms with van der Waals surface area (Å²) in [6.45, 7) is 2.08. The lowest BCUT2D eigenvalue weighted by Gasteiger charge is -2.51. The Kier molecular flexibility index (Phi) is 7.90. The SMILES string of the molecule is CCCCCCCC[C@@]1(O)O[C@H](C(=O)O)[C@@H](O)[C@H](O)[C@]1(O)C(=O)c1ccccc1. The van der Waals surface area contributed by atoms with Gasteiger partial charge in [0.1, 0.15) is 12.2 Å². The maximum absolute atomic E-state index is 13.0. The molecule has 0 saturated carbocycles. The molecule has 162 valence electrons. The summed E-state index contributed by atoms with van der Waals surface area (Å²) < 4.78 is 5.18. The van der Waals surface area contributed by atoms with Crippen LogP contribution in [0.15, 0.2) is 30.3 Å². The topological polar surface area (TPSA) is 145 Å². The molecule has 1 saturated heterocycles. The van der Waals surface area contributed by atoms with Crippen molar-refractivity contribution in [1.82, 2.24) is 0 Å². The van der Waals surface area contributed by atoms with Gasteiger partial charge in [-0.15, -0.1) is 0 Å². The lowest BCUT2D eigenvalue weighted by atomic mass is 9.73. The van der Waals surface area contributed by atoms with Crippen LogP contribution in [0.5, 0.6) is 0 Å². The number of ketones is 1. The molecule has 5 atom stereocenters. The van der Waals surface area contributed by atoms with Crippen molar-refractivity contribution < 1.29 is 39.9 Å². The first kappa shape index (κ1) is 23.4. The fraction of sp³-hybridized carbons (Fsp3) is 0.619. The number of hydrogen-bond acceptors (Lipinski definition) is 7. The zero-order chi connectivity index (χ0) is 21.7. The van der Waals surface area contributed by atoms with E-state index in [1.54, 1.807) is 6.07 Å². The molecule has 0 bridgehead atoms. The van der Waals surface area contributed by atoms with Crippen molar-refractivity contribution in [3.05, 3.63) is 35.9 Å². The highest BCUT2D eigenvalue weighted by atomic mass is 16.7. The molecular formula is C21H30O8. The van der Waals surface area contributed by atoms with Gasteiger partial charge in [-0.3, -0.25) is 4.79 Å². The number of Topliss-reactive ketones (excluding diaryl/α,β-unsaturated/α-hetero) is 1. The number of hydrogen-bond donors (Lipinski definition) is 5. The van der Waals surface area contributed by atoms with Gasteiger partial charge in [-0.2, -0.15) is 0 Å². The van der Waals surface area contributed by atoms with Gasteiger partial charge < -0.3 is 30.3 Å². The monoisotopic (exact) mass is 410 g/mol. The first-order valence-corrected chi connectivity index (χ1v) is 10.0. The number of carboxylic acids is 1. The molecule has 1 heterocycles. The van der Waals surface area contributed by atoms with E-state index < -0.39 is 41.5 Å². The lowest BCUT2D eigenvalue weighted by molar-refractivity contribution is -0.366. The number of aliphatic carboxylic acids is 1. The molecule has 1 aromatic carbocycles. The molecule has 1 fully saturated rings. The van der Waals surface area contributed by atoms with E-state index in [1.165, 1.54) is 24.3 Å². The quantitative estimate of drug-likeness (QED) is 0.286. The molecule has 0 amide bonds. The minimum atomic E-state index is -2.93. The van der Waals surface area contributed by atoms with E-state index >= 15 is 0 Å². The number of rotatable bonds is 10. The number of carbonyl (C=O) groups excluding carboxylic acids is 1. The summed E-state index contributed by atoms with van der Waals surface area (Å²) in [7, 11) is 0. The van der Waals surface area contributed by atoms with Gasteiger partial charge in [0.25, 0.3) is 0 Å². The maximum atomic E-state index is 13.0. The number of aliphatic hydroxyl groups excluding tert-OH is 2. The molecule has 0 spiro atoms. The van der Waals surface area contributed by atoms with Gasteiger partial charge in [0, 0.05) is 12.0 Å². The van der Waals surface area contributed by atoms with E-state index in [-0.39, 0.29) is 12.0 Å². The van der Waals surface area contributed by atoms with Gasteiger partial charge >= 0.3 is 5.97 Å². The van der Waals surface area contributed by atoms with Crippen LogP contribution in [0.2, 0.25) is 0 Å². The van der Waals surface area contributed by atoms with Crippen molar-refractivity contribution in [3.63, 3.8) is 0 Å². The molecule has 1 aliphatic heterocycles. The van der Waals surface area contributed by atoms with Crippen LogP contribution in [-0.2, 0) is 9.53 Å². The van der Waals surface area contributed by atoms with Gasteiger partial charge in [-0.05, 0) is 6.42 Å². The zero-order valence-corrected chi connectivity index (χ0v) is 16.5. The van der Waals surface area contributed by atoms with Gasteiger partial charge in [0.05, 0.1) is 0 Å². The van der Waals surface area contributed by atoms with Crippen LogP contribution in [0.3, 0.4) is 0 Å². The second-order valence-electron chi connectivity index (χ2n) is 7.58. The average Bonchev–Trinajstić information content (AvgIpc) is 2.71. The second-order valence-corrected chi connectivity index (χ2v) is 7.58. The fourth-order valence-corrected chi connectivity index (χ4v) is 3.73. The number of carbonyl (C=O) groups is 2. The average molecular weight is 410 g/mol. The maximum Gasteiger partial charge on any atom is 0.335 e. The van der Waals surface area contributed by atoms with Crippen LogP contribution < -0.4 is 0 Å². The molecule has 0 aliphatic carbocycles. The highest BCUT2D eigenvalue weighted by Gasteiger charge is 2.68. The molecule has 29 heavy (non-hydrogen) atoms. The van der Waals surface area contributed by atoms with Crippen LogP contribution >= 0.6 is 0 Å². The van der Waals surface area contributed by atoms with E-state index in [4.69, 9.17) is 4.74 Å². The Balaban J connectivity index is 2.32. The van der Waals surface area contributed by atoms with Crippen LogP contribution in [0, 0.1) is 0 Å². The summed E-state index contributed by atoms with van der Waals surface area (Å²) in [5.41, 5.74) is -2.94. The first-order chi connectivity index (χ1) is 13.7. The lowest BCUT2D eigenvalue weighted by Crippen LogP contribution is -2.76. The molecule has 0 unspecified atom stereocenters. The Bertz CT molecular complexity index is 693. The molecule has 5 N–H and O–H groups in total. The van der Waals surface area contributed by atoms with Gasteiger partial charge in [-0.25, -0.2) is 4.79 Å². The van der Waals surface area contributed by atoms with Crippen molar-refractivity contribution in [2.45, 2.75) is 81.6 Å². The van der Waals surface area contributed by atoms with Crippen molar-refractivity contribution in [2.24, 2.45) is 0 Å². The molecular weight excluding hydrogens is 380 g/mol. The Morgan fingerprint density at radius 1 is 1.00 bits per heavy atom. The third kappa shape index (κ3) is 4.67. The van der Waals surface area contributed by atoms with Gasteiger partial charge in [-0.1, -0.05) is 69.4 Å². The normalized spacial score (nSPS) is 32.1. The van der Waals surface area contributed by atoms with E-state index in [0.717, 1.165) is 25.7 Å². The number of aliphatic hydroxyl groups is 4. The summed E-state index contributed by atoms with van der Waals surface area (Å²) in [6.07, 6.45) is -1.65. The number of unbranched alkanes of at least 4 members (excludes halogenated alkanes) is 5. The molecule has 2 rings (SSSR count). The third-order valence-electron chi connectivity index (χ3n) is 5.47. The van der Waals surface area contributed by atoms with Crippen LogP contribution in [0.25, 0.3) is 0 Å².